The minimum absolute atomic E-state index is 0.290. The molecule has 0 aromatic heterocycles. The number of carbonyl (C=O) groups excluding carboxylic acids is 1. The van der Waals surface area contributed by atoms with E-state index in [0.29, 0.717) is 55.6 Å². The predicted octanol–water partition coefficient (Wildman–Crippen LogP) is 1.66. The average molecular weight is 339 g/mol. The van der Waals surface area contributed by atoms with Crippen LogP contribution in [0.25, 0.3) is 0 Å². The van der Waals surface area contributed by atoms with Gasteiger partial charge in [-0.25, -0.2) is 9.18 Å². The quantitative estimate of drug-likeness (QED) is 0.842. The van der Waals surface area contributed by atoms with Gasteiger partial charge in [-0.3, -0.25) is 4.90 Å². The van der Waals surface area contributed by atoms with Crippen molar-refractivity contribution >= 4 is 34.7 Å². The Balaban J connectivity index is 1.75. The van der Waals surface area contributed by atoms with Crippen LogP contribution in [0.1, 0.15) is 6.42 Å². The topological polar surface area (TPSA) is 68.0 Å². The second-order valence-electron chi connectivity index (χ2n) is 5.52. The maximum atomic E-state index is 14.4. The number of nitrogens with two attached hydrogens (primary N) is 1. The molecule has 2 heterocycles. The smallest absolute Gasteiger partial charge is 0.414 e. The van der Waals surface area contributed by atoms with Crippen LogP contribution >= 0.6 is 12.2 Å². The molecule has 1 aromatic rings. The fourth-order valence-electron chi connectivity index (χ4n) is 2.79. The summed E-state index contributed by atoms with van der Waals surface area (Å²) in [7, 11) is 0. The van der Waals surface area contributed by atoms with Crippen molar-refractivity contribution in [2.75, 3.05) is 42.6 Å². The van der Waals surface area contributed by atoms with Crippen LogP contribution in [0.15, 0.2) is 18.2 Å². The number of cyclic esters (lactones) is 1. The lowest BCUT2D eigenvalue weighted by molar-refractivity contribution is 0.122. The zero-order chi connectivity index (χ0) is 16.4. The van der Waals surface area contributed by atoms with Crippen LogP contribution in [-0.4, -0.2) is 50.0 Å². The summed E-state index contributed by atoms with van der Waals surface area (Å²) in [5, 5.41) is 0. The number of ether oxygens (including phenoxy) is 2. The summed E-state index contributed by atoms with van der Waals surface area (Å²) in [5.74, 6) is -0.366. The number of carbonyl (C=O) groups is 1. The van der Waals surface area contributed by atoms with Crippen molar-refractivity contribution in [3.05, 3.63) is 24.0 Å². The Morgan fingerprint density at radius 3 is 2.78 bits per heavy atom. The van der Waals surface area contributed by atoms with Crippen LogP contribution in [0.2, 0.25) is 0 Å². The van der Waals surface area contributed by atoms with E-state index in [1.165, 1.54) is 11.0 Å². The Labute approximate surface area is 138 Å². The molecule has 1 unspecified atom stereocenters. The van der Waals surface area contributed by atoms with Crippen molar-refractivity contribution < 1.29 is 18.7 Å². The largest absolute Gasteiger partial charge is 0.443 e. The van der Waals surface area contributed by atoms with E-state index >= 15 is 0 Å². The Morgan fingerprint density at radius 2 is 2.13 bits per heavy atom. The zero-order valence-corrected chi connectivity index (χ0v) is 13.4. The van der Waals surface area contributed by atoms with E-state index in [1.807, 2.05) is 4.90 Å². The molecule has 23 heavy (non-hydrogen) atoms. The lowest BCUT2D eigenvalue weighted by Gasteiger charge is -2.29. The molecule has 8 heteroatoms. The van der Waals surface area contributed by atoms with Gasteiger partial charge < -0.3 is 20.1 Å². The summed E-state index contributed by atoms with van der Waals surface area (Å²) >= 11 is 4.83. The van der Waals surface area contributed by atoms with E-state index in [9.17, 15) is 9.18 Å². The number of amides is 1. The molecule has 0 spiro atoms. The number of thiocarbonyl (C=S) groups is 1. The molecule has 3 rings (SSSR count). The molecule has 2 fully saturated rings. The van der Waals surface area contributed by atoms with E-state index < -0.39 is 6.09 Å². The van der Waals surface area contributed by atoms with Crippen LogP contribution in [0.4, 0.5) is 20.6 Å². The molecule has 0 aliphatic carbocycles. The van der Waals surface area contributed by atoms with Crippen molar-refractivity contribution in [3.63, 3.8) is 0 Å². The summed E-state index contributed by atoms with van der Waals surface area (Å²) in [6, 6.07) is 4.76. The molecule has 1 amide bonds. The number of nitrogens with zero attached hydrogens (tertiary/aromatic N) is 2. The molecule has 2 aliphatic rings. The van der Waals surface area contributed by atoms with Crippen LogP contribution in [0, 0.1) is 5.82 Å². The minimum Gasteiger partial charge on any atom is -0.443 e. The van der Waals surface area contributed by atoms with Crippen molar-refractivity contribution in [1.82, 2.24) is 0 Å². The molecular weight excluding hydrogens is 321 g/mol. The summed E-state index contributed by atoms with van der Waals surface area (Å²) in [4.78, 5) is 15.6. The summed E-state index contributed by atoms with van der Waals surface area (Å²) in [6.45, 7) is 2.78. The molecule has 6 nitrogen and oxygen atoms in total. The van der Waals surface area contributed by atoms with Crippen LogP contribution < -0.4 is 15.5 Å². The lowest BCUT2D eigenvalue weighted by Crippen LogP contribution is -2.36. The first kappa shape index (κ1) is 15.9. The number of hydrogen-bond acceptors (Lipinski definition) is 5. The molecule has 2 saturated heterocycles. The normalized spacial score (nSPS) is 21.4. The van der Waals surface area contributed by atoms with E-state index in [-0.39, 0.29) is 11.9 Å². The van der Waals surface area contributed by atoms with E-state index in [1.54, 1.807) is 12.1 Å². The molecule has 1 atom stereocenters. The molecule has 124 valence electrons. The first-order valence-corrected chi connectivity index (χ1v) is 7.84. The van der Waals surface area contributed by atoms with Gasteiger partial charge in [-0.2, -0.15) is 0 Å². The first-order valence-electron chi connectivity index (χ1n) is 7.43. The highest BCUT2D eigenvalue weighted by molar-refractivity contribution is 7.80. The van der Waals surface area contributed by atoms with Gasteiger partial charge in [0.25, 0.3) is 0 Å². The van der Waals surface area contributed by atoms with Gasteiger partial charge in [0.05, 0.1) is 36.1 Å². The second-order valence-corrected chi connectivity index (χ2v) is 6.05. The number of rotatable bonds is 4. The van der Waals surface area contributed by atoms with Crippen molar-refractivity contribution in [2.24, 2.45) is 5.73 Å². The third kappa shape index (κ3) is 3.53. The fraction of sp³-hybridized carbons (Fsp3) is 0.467. The number of halogens is 1. The minimum atomic E-state index is -0.509. The van der Waals surface area contributed by atoms with E-state index in [2.05, 4.69) is 0 Å². The zero-order valence-electron chi connectivity index (χ0n) is 12.5. The highest BCUT2D eigenvalue weighted by atomic mass is 32.1. The van der Waals surface area contributed by atoms with Crippen LogP contribution in [0.5, 0.6) is 0 Å². The Bertz CT molecular complexity index is 622. The predicted molar refractivity (Wildman–Crippen MR) is 88.4 cm³/mol. The second kappa shape index (κ2) is 6.67. The van der Waals surface area contributed by atoms with Gasteiger partial charge in [-0.05, 0) is 18.2 Å². The van der Waals surface area contributed by atoms with Gasteiger partial charge in [0.15, 0.2) is 0 Å². The molecule has 2 N–H and O–H groups in total. The molecule has 0 saturated carbocycles. The van der Waals surface area contributed by atoms with Crippen LogP contribution in [-0.2, 0) is 9.47 Å². The summed E-state index contributed by atoms with van der Waals surface area (Å²) in [6.07, 6.45) is -0.571. The average Bonchev–Trinajstić information content (AvgIpc) is 2.87. The Morgan fingerprint density at radius 1 is 1.39 bits per heavy atom. The van der Waals surface area contributed by atoms with Crippen molar-refractivity contribution in [2.45, 2.75) is 12.5 Å². The van der Waals surface area contributed by atoms with Gasteiger partial charge in [0.1, 0.15) is 11.9 Å². The molecular formula is C15H18FN3O3S. The van der Waals surface area contributed by atoms with Gasteiger partial charge in [-0.15, -0.1) is 0 Å². The fourth-order valence-corrected chi connectivity index (χ4v) is 2.97. The van der Waals surface area contributed by atoms with Gasteiger partial charge >= 0.3 is 6.09 Å². The highest BCUT2D eigenvalue weighted by Gasteiger charge is 2.33. The van der Waals surface area contributed by atoms with Crippen LogP contribution in [0.3, 0.4) is 0 Å². The van der Waals surface area contributed by atoms with Gasteiger partial charge in [0.2, 0.25) is 0 Å². The monoisotopic (exact) mass is 339 g/mol. The number of anilines is 2. The standard InChI is InChI=1S/C15H18FN3O3S/c16-12-7-10(1-2-13(12)18-3-5-21-6-4-18)19-9-11(8-14(17)23)22-15(19)20/h1-2,7,11H,3-6,8-9H2,(H2,17,23). The summed E-state index contributed by atoms with van der Waals surface area (Å²) in [5.41, 5.74) is 6.46. The SMILES string of the molecule is NC(=S)CC1CN(c2ccc(N3CCOCC3)c(F)c2)C(=O)O1. The first-order chi connectivity index (χ1) is 11.0. The van der Waals surface area contributed by atoms with Gasteiger partial charge in [-0.1, -0.05) is 12.2 Å². The molecule has 0 bridgehead atoms. The molecule has 2 aliphatic heterocycles. The Hall–Kier alpha value is -1.93. The molecule has 0 radical (unpaired) electrons. The summed E-state index contributed by atoms with van der Waals surface area (Å²) < 4.78 is 24.9. The van der Waals surface area contributed by atoms with E-state index in [0.717, 1.165) is 0 Å². The lowest BCUT2D eigenvalue weighted by atomic mass is 10.2. The number of morpholine rings is 1. The van der Waals surface area contributed by atoms with E-state index in [4.69, 9.17) is 27.4 Å². The van der Waals surface area contributed by atoms with Gasteiger partial charge in [0, 0.05) is 19.5 Å². The Kier molecular flexibility index (Phi) is 4.63. The maximum Gasteiger partial charge on any atom is 0.414 e. The molecule has 1 aromatic carbocycles. The number of benzene rings is 1. The highest BCUT2D eigenvalue weighted by Crippen LogP contribution is 2.28. The third-order valence-corrected chi connectivity index (χ3v) is 4.06. The third-order valence-electron chi connectivity index (χ3n) is 3.90. The van der Waals surface area contributed by atoms with Crippen molar-refractivity contribution in [1.29, 1.82) is 0 Å². The maximum absolute atomic E-state index is 14.4. The number of hydrogen-bond donors (Lipinski definition) is 1. The van der Waals surface area contributed by atoms with Crippen molar-refractivity contribution in [3.8, 4) is 0 Å².